The fraction of sp³-hybridized carbons (Fsp3) is 0.138. The Hall–Kier alpha value is -3.76. The van der Waals surface area contributed by atoms with Gasteiger partial charge >= 0.3 is 5.97 Å². The van der Waals surface area contributed by atoms with Gasteiger partial charge in [0.25, 0.3) is 0 Å². The molecule has 0 radical (unpaired) electrons. The van der Waals surface area contributed by atoms with Gasteiger partial charge in [-0.2, -0.15) is 0 Å². The van der Waals surface area contributed by atoms with Crippen LogP contribution in [-0.4, -0.2) is 13.1 Å². The van der Waals surface area contributed by atoms with Crippen molar-refractivity contribution in [1.82, 2.24) is 0 Å². The summed E-state index contributed by atoms with van der Waals surface area (Å²) in [5.74, 6) is 0.0509. The van der Waals surface area contributed by atoms with Crippen molar-refractivity contribution in [3.05, 3.63) is 107 Å². The van der Waals surface area contributed by atoms with Crippen LogP contribution in [0.3, 0.4) is 0 Å². The van der Waals surface area contributed by atoms with Gasteiger partial charge in [0.2, 0.25) is 0 Å². The molecule has 0 heterocycles. The normalized spacial score (nSPS) is 10.7. The van der Waals surface area contributed by atoms with Gasteiger partial charge in [0.15, 0.2) is 0 Å². The summed E-state index contributed by atoms with van der Waals surface area (Å²) in [4.78, 5) is 12.0. The quantitative estimate of drug-likeness (QED) is 0.266. The molecule has 4 aromatic carbocycles. The van der Waals surface area contributed by atoms with Crippen LogP contribution < -0.4 is 10.6 Å². The average molecular weight is 471 g/mol. The molecular formula is C29H27ClN2O2. The van der Waals surface area contributed by atoms with Crippen LogP contribution in [0, 0.1) is 0 Å². The molecule has 0 unspecified atom stereocenters. The lowest BCUT2D eigenvalue weighted by Gasteiger charge is -2.15. The summed E-state index contributed by atoms with van der Waals surface area (Å²) >= 11 is 6.64. The maximum atomic E-state index is 12.0. The van der Waals surface area contributed by atoms with Crippen molar-refractivity contribution in [2.24, 2.45) is 0 Å². The Balaban J connectivity index is 1.50. The van der Waals surface area contributed by atoms with Crippen LogP contribution in [0.1, 0.15) is 35.7 Å². The van der Waals surface area contributed by atoms with Crippen LogP contribution in [0.4, 0.5) is 22.7 Å². The molecule has 34 heavy (non-hydrogen) atoms. The fourth-order valence-electron chi connectivity index (χ4n) is 3.88. The first-order valence-corrected chi connectivity index (χ1v) is 11.5. The van der Waals surface area contributed by atoms with E-state index in [2.05, 4.69) is 54.8 Å². The molecule has 0 atom stereocenters. The first-order chi connectivity index (χ1) is 16.5. The molecule has 4 nitrogen and oxygen atoms in total. The molecular weight excluding hydrogens is 444 g/mol. The molecule has 4 rings (SSSR count). The summed E-state index contributed by atoms with van der Waals surface area (Å²) < 4.78 is 4.86. The van der Waals surface area contributed by atoms with E-state index in [4.69, 9.17) is 16.3 Å². The first-order valence-electron chi connectivity index (χ1n) is 11.2. The number of para-hydroxylation sites is 1. The number of nitrogens with one attached hydrogen (secondary N) is 2. The van der Waals surface area contributed by atoms with Crippen molar-refractivity contribution in [3.8, 4) is 11.1 Å². The second-order valence-electron chi connectivity index (χ2n) is 8.30. The number of methoxy groups -OCH3 is 1. The molecule has 0 aromatic heterocycles. The zero-order valence-corrected chi connectivity index (χ0v) is 20.2. The van der Waals surface area contributed by atoms with Crippen molar-refractivity contribution in [1.29, 1.82) is 0 Å². The maximum Gasteiger partial charge on any atom is 0.339 e. The molecule has 5 heteroatoms. The number of carbonyl (C=O) groups excluding carboxylic acids is 1. The van der Waals surface area contributed by atoms with Crippen molar-refractivity contribution < 1.29 is 9.53 Å². The first kappa shape index (κ1) is 23.4. The minimum atomic E-state index is -0.379. The van der Waals surface area contributed by atoms with Crippen LogP contribution >= 0.6 is 11.6 Å². The van der Waals surface area contributed by atoms with Gasteiger partial charge in [-0.3, -0.25) is 0 Å². The Morgan fingerprint density at radius 2 is 1.41 bits per heavy atom. The van der Waals surface area contributed by atoms with Gasteiger partial charge in [0, 0.05) is 11.4 Å². The highest BCUT2D eigenvalue weighted by atomic mass is 35.5. The predicted octanol–water partition coefficient (Wildman–Crippen LogP) is 8.40. The van der Waals surface area contributed by atoms with E-state index < -0.39 is 0 Å². The highest BCUT2D eigenvalue weighted by Gasteiger charge is 2.12. The highest BCUT2D eigenvalue weighted by Crippen LogP contribution is 2.34. The van der Waals surface area contributed by atoms with Gasteiger partial charge in [0.05, 0.1) is 29.1 Å². The molecule has 0 bridgehead atoms. The van der Waals surface area contributed by atoms with Gasteiger partial charge in [-0.1, -0.05) is 67.9 Å². The molecule has 0 fully saturated rings. The molecule has 0 spiro atoms. The number of carbonyl (C=O) groups is 1. The van der Waals surface area contributed by atoms with Crippen LogP contribution in [0.15, 0.2) is 91.0 Å². The van der Waals surface area contributed by atoms with Gasteiger partial charge in [-0.25, -0.2) is 4.79 Å². The third kappa shape index (κ3) is 5.24. The molecule has 172 valence electrons. The third-order valence-electron chi connectivity index (χ3n) is 5.64. The summed E-state index contributed by atoms with van der Waals surface area (Å²) in [7, 11) is 1.38. The Morgan fingerprint density at radius 1 is 0.794 bits per heavy atom. The average Bonchev–Trinajstić information content (AvgIpc) is 2.86. The minimum absolute atomic E-state index is 0.379. The molecule has 2 N–H and O–H groups in total. The van der Waals surface area contributed by atoms with E-state index in [0.29, 0.717) is 22.2 Å². The van der Waals surface area contributed by atoms with E-state index in [1.807, 2.05) is 48.5 Å². The van der Waals surface area contributed by atoms with Gasteiger partial charge < -0.3 is 15.4 Å². The predicted molar refractivity (Wildman–Crippen MR) is 142 cm³/mol. The Labute approximate surface area is 205 Å². The topological polar surface area (TPSA) is 50.4 Å². The number of anilines is 4. The van der Waals surface area contributed by atoms with Crippen LogP contribution in [0.5, 0.6) is 0 Å². The monoisotopic (exact) mass is 470 g/mol. The Bertz CT molecular complexity index is 1300. The maximum absolute atomic E-state index is 12.0. The number of rotatable bonds is 7. The molecule has 4 aromatic rings. The van der Waals surface area contributed by atoms with Crippen molar-refractivity contribution in [2.45, 2.75) is 19.8 Å². The standard InChI is InChI=1S/C29H27ClN2O2/c1-19(2)23-8-4-5-9-24(23)20-12-17-28(26(30)18-20)32-22-15-13-21(14-16-22)31-27-11-7-6-10-25(27)29(33)34-3/h4-19,31-32H,1-3H3. The van der Waals surface area contributed by atoms with Crippen molar-refractivity contribution >= 4 is 40.3 Å². The lowest BCUT2D eigenvalue weighted by Crippen LogP contribution is -2.05. The smallest absolute Gasteiger partial charge is 0.339 e. The van der Waals surface area contributed by atoms with Crippen LogP contribution in [0.25, 0.3) is 11.1 Å². The van der Waals surface area contributed by atoms with E-state index in [9.17, 15) is 4.79 Å². The van der Waals surface area contributed by atoms with E-state index in [1.165, 1.54) is 18.2 Å². The molecule has 0 saturated heterocycles. The van der Waals surface area contributed by atoms with Crippen LogP contribution in [0.2, 0.25) is 5.02 Å². The lowest BCUT2D eigenvalue weighted by molar-refractivity contribution is 0.0602. The van der Waals surface area contributed by atoms with E-state index in [1.54, 1.807) is 12.1 Å². The second-order valence-corrected chi connectivity index (χ2v) is 8.71. The molecule has 0 aliphatic rings. The fourth-order valence-corrected chi connectivity index (χ4v) is 4.10. The molecule has 0 saturated carbocycles. The SMILES string of the molecule is COC(=O)c1ccccc1Nc1ccc(Nc2ccc(-c3ccccc3C(C)C)cc2Cl)cc1. The second kappa shape index (κ2) is 10.4. The number of hydrogen-bond donors (Lipinski definition) is 2. The minimum Gasteiger partial charge on any atom is -0.465 e. The highest BCUT2D eigenvalue weighted by molar-refractivity contribution is 6.33. The van der Waals surface area contributed by atoms with E-state index >= 15 is 0 Å². The number of ether oxygens (including phenoxy) is 1. The molecule has 0 amide bonds. The Kier molecular flexibility index (Phi) is 7.19. The number of hydrogen-bond acceptors (Lipinski definition) is 4. The van der Waals surface area contributed by atoms with Crippen LogP contribution in [-0.2, 0) is 4.74 Å². The third-order valence-corrected chi connectivity index (χ3v) is 5.95. The summed E-state index contributed by atoms with van der Waals surface area (Å²) in [6.07, 6.45) is 0. The lowest BCUT2D eigenvalue weighted by atomic mass is 9.92. The molecule has 0 aliphatic carbocycles. The zero-order valence-electron chi connectivity index (χ0n) is 19.4. The van der Waals surface area contributed by atoms with Gasteiger partial charge in [0.1, 0.15) is 0 Å². The molecule has 0 aliphatic heterocycles. The van der Waals surface area contributed by atoms with E-state index in [0.717, 1.165) is 22.6 Å². The largest absolute Gasteiger partial charge is 0.465 e. The Morgan fingerprint density at radius 3 is 2.06 bits per heavy atom. The van der Waals surface area contributed by atoms with Crippen molar-refractivity contribution in [2.75, 3.05) is 17.7 Å². The summed E-state index contributed by atoms with van der Waals surface area (Å²) in [6.45, 7) is 4.39. The van der Waals surface area contributed by atoms with Gasteiger partial charge in [-0.15, -0.1) is 0 Å². The zero-order chi connectivity index (χ0) is 24.1. The summed E-state index contributed by atoms with van der Waals surface area (Å²) in [6, 6.07) is 29.6. The van der Waals surface area contributed by atoms with Crippen molar-refractivity contribution in [3.63, 3.8) is 0 Å². The van der Waals surface area contributed by atoms with Gasteiger partial charge in [-0.05, 0) is 71.1 Å². The number of benzene rings is 4. The number of halogens is 1. The summed E-state index contributed by atoms with van der Waals surface area (Å²) in [5.41, 5.74) is 7.38. The number of esters is 1. The van der Waals surface area contributed by atoms with E-state index in [-0.39, 0.29) is 5.97 Å². The summed E-state index contributed by atoms with van der Waals surface area (Å²) in [5, 5.41) is 7.32.